The second-order valence-corrected chi connectivity index (χ2v) is 4.76. The van der Waals surface area contributed by atoms with Crippen LogP contribution < -0.4 is 5.73 Å². The van der Waals surface area contributed by atoms with Crippen LogP contribution in [-0.2, 0) is 0 Å². The van der Waals surface area contributed by atoms with Gasteiger partial charge in [-0.1, -0.05) is 35.8 Å². The Balaban J connectivity index is 0.00000196. The smallest absolute Gasteiger partial charge is 0.124 e. The molecule has 0 unspecified atom stereocenters. The van der Waals surface area contributed by atoms with Gasteiger partial charge in [-0.15, -0.1) is 12.4 Å². The monoisotopic (exact) mass is 295 g/mol. The molecule has 0 saturated heterocycles. The second kappa shape index (κ2) is 6.46. The highest BCUT2D eigenvalue weighted by atomic mass is 79.9. The summed E-state index contributed by atoms with van der Waals surface area (Å²) in [5.41, 5.74) is 6.97. The Morgan fingerprint density at radius 1 is 1.40 bits per heavy atom. The standard InChI is InChI=1S/C11H15BrFN.ClH/c1-7(2)5-11(14)9-4-3-8(13)6-10(9)12;/h3-4,6-7,11H,5,14H2,1-2H3;1H/t11-;/m0./s1. The minimum absolute atomic E-state index is 0. The first kappa shape index (κ1) is 14.9. The lowest BCUT2D eigenvalue weighted by Crippen LogP contribution is -2.13. The molecule has 0 bridgehead atoms. The van der Waals surface area contributed by atoms with Gasteiger partial charge in [0, 0.05) is 10.5 Å². The number of nitrogens with two attached hydrogens (primary N) is 1. The molecule has 0 aliphatic heterocycles. The molecule has 0 amide bonds. The molecule has 1 aromatic rings. The Labute approximate surface area is 105 Å². The highest BCUT2D eigenvalue weighted by molar-refractivity contribution is 9.10. The van der Waals surface area contributed by atoms with E-state index in [0.29, 0.717) is 5.92 Å². The van der Waals surface area contributed by atoms with Crippen molar-refractivity contribution < 1.29 is 4.39 Å². The molecule has 0 fully saturated rings. The molecule has 0 heterocycles. The third kappa shape index (κ3) is 4.49. The number of benzene rings is 1. The maximum Gasteiger partial charge on any atom is 0.124 e. The third-order valence-electron chi connectivity index (χ3n) is 2.09. The summed E-state index contributed by atoms with van der Waals surface area (Å²) >= 11 is 3.32. The van der Waals surface area contributed by atoms with E-state index in [1.165, 1.54) is 12.1 Å². The number of rotatable bonds is 3. The SMILES string of the molecule is CC(C)C[C@H](N)c1ccc(F)cc1Br.Cl. The summed E-state index contributed by atoms with van der Waals surface area (Å²) in [6, 6.07) is 4.62. The lowest BCUT2D eigenvalue weighted by Gasteiger charge is -2.15. The van der Waals surface area contributed by atoms with Gasteiger partial charge in [0.05, 0.1) is 0 Å². The minimum Gasteiger partial charge on any atom is -0.324 e. The predicted octanol–water partition coefficient (Wildman–Crippen LogP) is 4.06. The van der Waals surface area contributed by atoms with Gasteiger partial charge < -0.3 is 5.73 Å². The maximum absolute atomic E-state index is 12.8. The van der Waals surface area contributed by atoms with Gasteiger partial charge >= 0.3 is 0 Å². The Hall–Kier alpha value is -0.120. The number of hydrogen-bond donors (Lipinski definition) is 1. The van der Waals surface area contributed by atoms with Crippen LogP contribution in [0.15, 0.2) is 22.7 Å². The molecule has 1 aromatic carbocycles. The van der Waals surface area contributed by atoms with Crippen molar-refractivity contribution in [3.63, 3.8) is 0 Å². The number of hydrogen-bond acceptors (Lipinski definition) is 1. The Bertz CT molecular complexity index is 317. The summed E-state index contributed by atoms with van der Waals surface area (Å²) in [4.78, 5) is 0. The van der Waals surface area contributed by atoms with E-state index in [-0.39, 0.29) is 24.3 Å². The van der Waals surface area contributed by atoms with Gasteiger partial charge in [-0.05, 0) is 30.0 Å². The van der Waals surface area contributed by atoms with E-state index >= 15 is 0 Å². The first-order valence-electron chi connectivity index (χ1n) is 4.71. The number of halogens is 3. The summed E-state index contributed by atoms with van der Waals surface area (Å²) in [7, 11) is 0. The molecule has 0 aliphatic carbocycles. The van der Waals surface area contributed by atoms with E-state index in [9.17, 15) is 4.39 Å². The van der Waals surface area contributed by atoms with E-state index in [1.54, 1.807) is 6.07 Å². The first-order chi connectivity index (χ1) is 6.50. The van der Waals surface area contributed by atoms with Crippen LogP contribution in [0.2, 0.25) is 0 Å². The molecule has 0 saturated carbocycles. The summed E-state index contributed by atoms with van der Waals surface area (Å²) in [5, 5.41) is 0. The summed E-state index contributed by atoms with van der Waals surface area (Å²) in [6.07, 6.45) is 0.907. The van der Waals surface area contributed by atoms with Crippen LogP contribution in [-0.4, -0.2) is 0 Å². The van der Waals surface area contributed by atoms with E-state index in [0.717, 1.165) is 16.5 Å². The van der Waals surface area contributed by atoms with Gasteiger partial charge in [0.25, 0.3) is 0 Å². The maximum atomic E-state index is 12.8. The van der Waals surface area contributed by atoms with Gasteiger partial charge in [0.1, 0.15) is 5.82 Å². The first-order valence-corrected chi connectivity index (χ1v) is 5.50. The van der Waals surface area contributed by atoms with Crippen LogP contribution >= 0.6 is 28.3 Å². The molecule has 1 nitrogen and oxygen atoms in total. The fourth-order valence-electron chi connectivity index (χ4n) is 1.44. The van der Waals surface area contributed by atoms with Crippen molar-refractivity contribution in [3.8, 4) is 0 Å². The molecule has 2 N–H and O–H groups in total. The summed E-state index contributed by atoms with van der Waals surface area (Å²) in [6.45, 7) is 4.24. The van der Waals surface area contributed by atoms with Crippen molar-refractivity contribution in [3.05, 3.63) is 34.1 Å². The molecule has 15 heavy (non-hydrogen) atoms. The van der Waals surface area contributed by atoms with E-state index in [2.05, 4.69) is 29.8 Å². The third-order valence-corrected chi connectivity index (χ3v) is 2.77. The zero-order valence-corrected chi connectivity index (χ0v) is 11.2. The van der Waals surface area contributed by atoms with Gasteiger partial charge in [0.15, 0.2) is 0 Å². The molecule has 0 aliphatic rings. The quantitative estimate of drug-likeness (QED) is 0.894. The van der Waals surface area contributed by atoms with Crippen molar-refractivity contribution in [2.75, 3.05) is 0 Å². The molecule has 0 radical (unpaired) electrons. The topological polar surface area (TPSA) is 26.0 Å². The normalized spacial score (nSPS) is 12.4. The molecular weight excluding hydrogens is 280 g/mol. The lowest BCUT2D eigenvalue weighted by molar-refractivity contribution is 0.508. The van der Waals surface area contributed by atoms with E-state index < -0.39 is 0 Å². The molecule has 86 valence electrons. The molecular formula is C11H16BrClFN. The van der Waals surface area contributed by atoms with Crippen molar-refractivity contribution in [1.29, 1.82) is 0 Å². The average molecular weight is 297 g/mol. The second-order valence-electron chi connectivity index (χ2n) is 3.90. The average Bonchev–Trinajstić information content (AvgIpc) is 2.01. The largest absolute Gasteiger partial charge is 0.324 e. The Morgan fingerprint density at radius 3 is 2.47 bits per heavy atom. The highest BCUT2D eigenvalue weighted by Crippen LogP contribution is 2.26. The van der Waals surface area contributed by atoms with Crippen LogP contribution in [0, 0.1) is 11.7 Å². The van der Waals surface area contributed by atoms with Crippen LogP contribution in [0.5, 0.6) is 0 Å². The fourth-order valence-corrected chi connectivity index (χ4v) is 2.08. The molecule has 4 heteroatoms. The van der Waals surface area contributed by atoms with Crippen molar-refractivity contribution in [2.45, 2.75) is 26.3 Å². The van der Waals surface area contributed by atoms with Crippen LogP contribution in [0.3, 0.4) is 0 Å². The summed E-state index contributed by atoms with van der Waals surface area (Å²) < 4.78 is 13.6. The minimum atomic E-state index is -0.239. The van der Waals surface area contributed by atoms with Gasteiger partial charge in [0.2, 0.25) is 0 Å². The molecule has 0 aromatic heterocycles. The van der Waals surface area contributed by atoms with Crippen molar-refractivity contribution in [2.24, 2.45) is 11.7 Å². The van der Waals surface area contributed by atoms with E-state index in [1.807, 2.05) is 0 Å². The van der Waals surface area contributed by atoms with Gasteiger partial charge in [-0.3, -0.25) is 0 Å². The molecule has 0 spiro atoms. The Morgan fingerprint density at radius 2 is 2.00 bits per heavy atom. The van der Waals surface area contributed by atoms with Crippen molar-refractivity contribution in [1.82, 2.24) is 0 Å². The highest BCUT2D eigenvalue weighted by Gasteiger charge is 2.11. The fraction of sp³-hybridized carbons (Fsp3) is 0.455. The van der Waals surface area contributed by atoms with Gasteiger partial charge in [-0.25, -0.2) is 4.39 Å². The van der Waals surface area contributed by atoms with Crippen LogP contribution in [0.4, 0.5) is 4.39 Å². The summed E-state index contributed by atoms with van der Waals surface area (Å²) in [5.74, 6) is 0.305. The zero-order chi connectivity index (χ0) is 10.7. The molecule has 1 rings (SSSR count). The van der Waals surface area contributed by atoms with Crippen molar-refractivity contribution >= 4 is 28.3 Å². The predicted molar refractivity (Wildman–Crippen MR) is 67.7 cm³/mol. The zero-order valence-electron chi connectivity index (χ0n) is 8.84. The lowest BCUT2D eigenvalue weighted by atomic mass is 9.98. The van der Waals surface area contributed by atoms with Crippen LogP contribution in [0.25, 0.3) is 0 Å². The Kier molecular flexibility index (Phi) is 6.41. The molecule has 1 atom stereocenters. The van der Waals surface area contributed by atoms with Crippen LogP contribution in [0.1, 0.15) is 31.9 Å². The van der Waals surface area contributed by atoms with E-state index in [4.69, 9.17) is 5.73 Å². The van der Waals surface area contributed by atoms with Gasteiger partial charge in [-0.2, -0.15) is 0 Å².